The first-order valence-electron chi connectivity index (χ1n) is 12.1. The van der Waals surface area contributed by atoms with Gasteiger partial charge in [-0.1, -0.05) is 0 Å². The number of anilines is 2. The Balaban J connectivity index is 1.36. The zero-order valence-electron chi connectivity index (χ0n) is 20.3. The van der Waals surface area contributed by atoms with Crippen molar-refractivity contribution < 1.29 is 24.1 Å². The van der Waals surface area contributed by atoms with E-state index < -0.39 is 5.91 Å². The van der Waals surface area contributed by atoms with Crippen LogP contribution >= 0.6 is 11.5 Å². The van der Waals surface area contributed by atoms with Crippen molar-refractivity contribution in [3.8, 4) is 11.3 Å². The molecule has 0 spiro atoms. The molecule has 0 aliphatic carbocycles. The molecule has 1 aliphatic heterocycles. The SMILES string of the molecule is NC(=O)c1c(Cc2cc(-c3coc4c(=O)cc(N5CCOCC5)oc34)ns2)nc(NCC[NH3+])n2ccnc12. The van der Waals surface area contributed by atoms with Gasteiger partial charge in [-0.3, -0.25) is 14.0 Å². The van der Waals surface area contributed by atoms with Gasteiger partial charge in [-0.2, -0.15) is 4.37 Å². The lowest BCUT2D eigenvalue weighted by Gasteiger charge is -2.26. The first-order chi connectivity index (χ1) is 18.5. The zero-order chi connectivity index (χ0) is 26.2. The third-order valence-electron chi connectivity index (χ3n) is 6.26. The van der Waals surface area contributed by atoms with Gasteiger partial charge in [0.2, 0.25) is 17.0 Å². The van der Waals surface area contributed by atoms with E-state index in [0.717, 1.165) is 4.88 Å². The van der Waals surface area contributed by atoms with Crippen molar-refractivity contribution in [2.24, 2.45) is 5.73 Å². The van der Waals surface area contributed by atoms with Crippen LogP contribution in [0.5, 0.6) is 0 Å². The monoisotopic (exact) mass is 537 g/mol. The van der Waals surface area contributed by atoms with E-state index in [-0.39, 0.29) is 16.6 Å². The van der Waals surface area contributed by atoms with Gasteiger partial charge in [0.25, 0.3) is 5.91 Å². The summed E-state index contributed by atoms with van der Waals surface area (Å²) < 4.78 is 23.4. The molecule has 6 heterocycles. The number of nitrogens with zero attached hydrogens (tertiary/aromatic N) is 5. The summed E-state index contributed by atoms with van der Waals surface area (Å²) in [5.41, 5.74) is 12.1. The molecular formula is C24H25N8O5S+. The number of hydrogen-bond acceptors (Lipinski definition) is 11. The van der Waals surface area contributed by atoms with Gasteiger partial charge in [0, 0.05) is 36.8 Å². The summed E-state index contributed by atoms with van der Waals surface area (Å²) in [6.07, 6.45) is 5.09. The van der Waals surface area contributed by atoms with E-state index in [1.807, 2.05) is 11.0 Å². The first kappa shape index (κ1) is 24.1. The van der Waals surface area contributed by atoms with Crippen molar-refractivity contribution in [3.05, 3.63) is 57.1 Å². The molecule has 1 amide bonds. The third-order valence-corrected chi connectivity index (χ3v) is 7.04. The van der Waals surface area contributed by atoms with E-state index in [1.165, 1.54) is 23.9 Å². The maximum Gasteiger partial charge on any atom is 0.254 e. The molecule has 0 aromatic carbocycles. The van der Waals surface area contributed by atoms with Gasteiger partial charge >= 0.3 is 0 Å². The topological polar surface area (TPSA) is 182 Å². The zero-order valence-corrected chi connectivity index (χ0v) is 21.1. The highest BCUT2D eigenvalue weighted by molar-refractivity contribution is 7.06. The number of nitrogens with two attached hydrogens (primary N) is 1. The summed E-state index contributed by atoms with van der Waals surface area (Å²) in [4.78, 5) is 37.0. The van der Waals surface area contributed by atoms with Crippen LogP contribution in [-0.4, -0.2) is 64.0 Å². The highest BCUT2D eigenvalue weighted by Crippen LogP contribution is 2.33. The average Bonchev–Trinajstić information content (AvgIpc) is 3.67. The molecule has 1 aliphatic rings. The Morgan fingerprint density at radius 1 is 1.24 bits per heavy atom. The molecule has 6 N–H and O–H groups in total. The van der Waals surface area contributed by atoms with Crippen LogP contribution in [-0.2, 0) is 11.2 Å². The fraction of sp³-hybridized carbons (Fsp3) is 0.292. The van der Waals surface area contributed by atoms with E-state index in [9.17, 15) is 9.59 Å². The Bertz CT molecular complexity index is 1700. The summed E-state index contributed by atoms with van der Waals surface area (Å²) in [6, 6.07) is 3.30. The molecule has 1 saturated heterocycles. The van der Waals surface area contributed by atoms with E-state index in [0.29, 0.717) is 85.8 Å². The van der Waals surface area contributed by atoms with Crippen LogP contribution in [0.4, 0.5) is 11.8 Å². The number of aromatic nitrogens is 4. The van der Waals surface area contributed by atoms with Crippen LogP contribution in [0.1, 0.15) is 20.9 Å². The fourth-order valence-electron chi connectivity index (χ4n) is 4.47. The van der Waals surface area contributed by atoms with Gasteiger partial charge in [-0.05, 0) is 17.6 Å². The van der Waals surface area contributed by atoms with Crippen LogP contribution in [0.3, 0.4) is 0 Å². The second kappa shape index (κ2) is 9.89. The van der Waals surface area contributed by atoms with Crippen LogP contribution in [0.25, 0.3) is 28.1 Å². The Morgan fingerprint density at radius 3 is 2.87 bits per heavy atom. The molecule has 38 heavy (non-hydrogen) atoms. The van der Waals surface area contributed by atoms with Crippen molar-refractivity contribution in [3.63, 3.8) is 0 Å². The average molecular weight is 538 g/mol. The van der Waals surface area contributed by atoms with E-state index in [2.05, 4.69) is 20.4 Å². The number of hydrogen-bond donors (Lipinski definition) is 3. The largest absolute Gasteiger partial charge is 0.456 e. The van der Waals surface area contributed by atoms with Gasteiger partial charge < -0.3 is 35.3 Å². The first-order valence-corrected chi connectivity index (χ1v) is 12.8. The second-order valence-corrected chi connectivity index (χ2v) is 9.62. The summed E-state index contributed by atoms with van der Waals surface area (Å²) in [6.45, 7) is 3.65. The minimum atomic E-state index is -0.615. The number of furan rings is 1. The quantitative estimate of drug-likeness (QED) is 0.255. The number of morpholine rings is 1. The lowest BCUT2D eigenvalue weighted by atomic mass is 10.1. The van der Waals surface area contributed by atoms with Gasteiger partial charge in [0.1, 0.15) is 11.8 Å². The highest BCUT2D eigenvalue weighted by Gasteiger charge is 2.23. The fourth-order valence-corrected chi connectivity index (χ4v) is 5.20. The minimum Gasteiger partial charge on any atom is -0.456 e. The molecular weight excluding hydrogens is 512 g/mol. The van der Waals surface area contributed by atoms with Gasteiger partial charge in [-0.25, -0.2) is 9.97 Å². The molecule has 0 atom stereocenters. The van der Waals surface area contributed by atoms with Crippen LogP contribution in [0.15, 0.2) is 44.4 Å². The summed E-state index contributed by atoms with van der Waals surface area (Å²) in [5.74, 6) is 0.397. The van der Waals surface area contributed by atoms with Crippen LogP contribution in [0, 0.1) is 0 Å². The molecule has 13 nitrogen and oxygen atoms in total. The molecule has 1 fully saturated rings. The maximum atomic E-state index is 12.7. The number of nitrogens with one attached hydrogen (secondary N) is 1. The molecule has 0 radical (unpaired) electrons. The molecule has 5 aromatic rings. The van der Waals surface area contributed by atoms with E-state index >= 15 is 0 Å². The molecule has 196 valence electrons. The molecule has 6 rings (SSSR count). The Labute approximate surface area is 219 Å². The van der Waals surface area contributed by atoms with Gasteiger partial charge in [-0.15, -0.1) is 0 Å². The second-order valence-electron chi connectivity index (χ2n) is 8.73. The predicted molar refractivity (Wildman–Crippen MR) is 139 cm³/mol. The normalized spacial score (nSPS) is 14.0. The number of imidazole rings is 1. The summed E-state index contributed by atoms with van der Waals surface area (Å²) in [5, 5.41) is 3.22. The van der Waals surface area contributed by atoms with Crippen molar-refractivity contribution in [1.29, 1.82) is 0 Å². The number of carbonyl (C=O) groups excluding carboxylic acids is 1. The van der Waals surface area contributed by atoms with Gasteiger partial charge in [0.05, 0.1) is 49.3 Å². The van der Waals surface area contributed by atoms with E-state index in [4.69, 9.17) is 24.3 Å². The van der Waals surface area contributed by atoms with Crippen LogP contribution < -0.4 is 27.1 Å². The summed E-state index contributed by atoms with van der Waals surface area (Å²) >= 11 is 1.25. The molecule has 0 unspecified atom stereocenters. The smallest absolute Gasteiger partial charge is 0.254 e. The lowest BCUT2D eigenvalue weighted by molar-refractivity contribution is -0.362. The van der Waals surface area contributed by atoms with Crippen molar-refractivity contribution in [1.82, 2.24) is 18.7 Å². The number of fused-ring (bicyclic) bond motifs is 2. The molecule has 5 aromatic heterocycles. The molecule has 0 bridgehead atoms. The number of amides is 1. The standard InChI is InChI=1S/C24H24N8O5S/c25-1-2-28-24-29-16(19(22(26)34)23-27-3-4-32(23)24)10-13-9-15(30-38-13)14-12-36-21-17(33)11-18(37-20(14)21)31-5-7-35-8-6-31/h3-4,9,11-12H,1-2,5-8,10,25H2,(H2,26,34)(H,28,29)/p+1. The van der Waals surface area contributed by atoms with Crippen molar-refractivity contribution in [2.45, 2.75) is 6.42 Å². The minimum absolute atomic E-state index is 0.134. The highest BCUT2D eigenvalue weighted by atomic mass is 32.1. The number of quaternary nitrogens is 1. The van der Waals surface area contributed by atoms with Crippen LogP contribution in [0.2, 0.25) is 0 Å². The van der Waals surface area contributed by atoms with Crippen molar-refractivity contribution >= 4 is 46.1 Å². The maximum absolute atomic E-state index is 12.7. The predicted octanol–water partition coefficient (Wildman–Crippen LogP) is 0.732. The number of ether oxygens (including phenoxy) is 1. The number of carbonyl (C=O) groups is 1. The Morgan fingerprint density at radius 2 is 2.08 bits per heavy atom. The number of primary amides is 1. The van der Waals surface area contributed by atoms with E-state index in [1.54, 1.807) is 16.8 Å². The van der Waals surface area contributed by atoms with Crippen molar-refractivity contribution in [2.75, 3.05) is 49.6 Å². The molecule has 0 saturated carbocycles. The Kier molecular flexibility index (Phi) is 6.27. The number of rotatable bonds is 8. The third kappa shape index (κ3) is 4.27. The Hall–Kier alpha value is -4.27. The lowest BCUT2D eigenvalue weighted by Crippen LogP contribution is -2.53. The van der Waals surface area contributed by atoms with Gasteiger partial charge in [0.15, 0.2) is 17.1 Å². The molecule has 14 heteroatoms. The summed E-state index contributed by atoms with van der Waals surface area (Å²) in [7, 11) is 0.